The van der Waals surface area contributed by atoms with E-state index in [1.165, 1.54) is 10.7 Å². The van der Waals surface area contributed by atoms with Gasteiger partial charge in [0.1, 0.15) is 5.82 Å². The number of pyridine rings is 1. The van der Waals surface area contributed by atoms with Crippen LogP contribution in [-0.4, -0.2) is 26.2 Å². The average molecular weight is 247 g/mol. The predicted molar refractivity (Wildman–Crippen MR) is 66.4 cm³/mol. The maximum Gasteiger partial charge on any atom is 0.389 e. The lowest BCUT2D eigenvalue weighted by Crippen LogP contribution is -2.07. The number of hydrogen-bond acceptors (Lipinski definition) is 5. The van der Waals surface area contributed by atoms with Gasteiger partial charge in [0.05, 0.1) is 23.9 Å². The molecule has 0 fully saturated rings. The quantitative estimate of drug-likeness (QED) is 0.641. The molecule has 0 saturated heterocycles. The van der Waals surface area contributed by atoms with E-state index in [0.29, 0.717) is 6.54 Å². The summed E-state index contributed by atoms with van der Waals surface area (Å²) in [5.74, 6) is 0.627. The monoisotopic (exact) mass is 247 g/mol. The molecule has 0 aliphatic rings. The molecule has 7 nitrogen and oxygen atoms in total. The molecule has 0 saturated carbocycles. The van der Waals surface area contributed by atoms with Crippen LogP contribution < -0.4 is 5.32 Å². The third-order valence-corrected chi connectivity index (χ3v) is 2.38. The molecule has 1 N–H and O–H groups in total. The van der Waals surface area contributed by atoms with Crippen molar-refractivity contribution < 1.29 is 4.92 Å². The molecule has 0 aliphatic heterocycles. The number of aromatic nitrogens is 3. The molecule has 0 atom stereocenters. The van der Waals surface area contributed by atoms with Gasteiger partial charge >= 0.3 is 5.82 Å². The molecule has 0 spiro atoms. The summed E-state index contributed by atoms with van der Waals surface area (Å²) in [5, 5.41) is 17.5. The van der Waals surface area contributed by atoms with E-state index < -0.39 is 4.92 Å². The van der Waals surface area contributed by atoms with Gasteiger partial charge in [0.25, 0.3) is 0 Å². The standard InChI is InChI=1S/C11H13N5O2/c1-2-12-11-9(4-3-6-13-11)8-15-7-5-10(14-15)16(17)18/h3-7H,2,8H2,1H3,(H,12,13). The molecule has 2 aromatic rings. The Morgan fingerprint density at radius 3 is 3.00 bits per heavy atom. The van der Waals surface area contributed by atoms with Gasteiger partial charge in [-0.25, -0.2) is 4.98 Å². The maximum atomic E-state index is 10.5. The first-order valence-corrected chi connectivity index (χ1v) is 5.56. The zero-order chi connectivity index (χ0) is 13.0. The molecule has 0 amide bonds. The van der Waals surface area contributed by atoms with Gasteiger partial charge in [0.15, 0.2) is 0 Å². The van der Waals surface area contributed by atoms with Crippen molar-refractivity contribution in [2.75, 3.05) is 11.9 Å². The Bertz CT molecular complexity index is 552. The van der Waals surface area contributed by atoms with E-state index in [-0.39, 0.29) is 5.82 Å². The van der Waals surface area contributed by atoms with Gasteiger partial charge in [-0.15, -0.1) is 0 Å². The zero-order valence-corrected chi connectivity index (χ0v) is 9.91. The molecule has 18 heavy (non-hydrogen) atoms. The molecule has 0 aliphatic carbocycles. The summed E-state index contributed by atoms with van der Waals surface area (Å²) in [5.41, 5.74) is 0.942. The number of anilines is 1. The van der Waals surface area contributed by atoms with Crippen molar-refractivity contribution >= 4 is 11.6 Å². The van der Waals surface area contributed by atoms with Crippen LogP contribution in [0.15, 0.2) is 30.6 Å². The second-order valence-corrected chi connectivity index (χ2v) is 3.67. The SMILES string of the molecule is CCNc1ncccc1Cn1ccc([N+](=O)[O-])n1. The van der Waals surface area contributed by atoms with E-state index in [9.17, 15) is 10.1 Å². The molecule has 0 radical (unpaired) electrons. The van der Waals surface area contributed by atoms with Crippen molar-refractivity contribution in [2.45, 2.75) is 13.5 Å². The first-order valence-electron chi connectivity index (χ1n) is 5.56. The highest BCUT2D eigenvalue weighted by atomic mass is 16.6. The molecule has 2 aromatic heterocycles. The lowest BCUT2D eigenvalue weighted by atomic mass is 10.2. The lowest BCUT2D eigenvalue weighted by Gasteiger charge is -2.07. The molecule has 0 aromatic carbocycles. The Kier molecular flexibility index (Phi) is 3.52. The second-order valence-electron chi connectivity index (χ2n) is 3.67. The highest BCUT2D eigenvalue weighted by Crippen LogP contribution is 2.14. The summed E-state index contributed by atoms with van der Waals surface area (Å²) in [6.45, 7) is 3.20. The fourth-order valence-corrected chi connectivity index (χ4v) is 1.60. The normalized spacial score (nSPS) is 10.3. The minimum Gasteiger partial charge on any atom is -0.370 e. The van der Waals surface area contributed by atoms with Gasteiger partial charge in [-0.05, 0) is 17.9 Å². The molecular weight excluding hydrogens is 234 g/mol. The zero-order valence-electron chi connectivity index (χ0n) is 9.91. The maximum absolute atomic E-state index is 10.5. The van der Waals surface area contributed by atoms with E-state index in [2.05, 4.69) is 15.4 Å². The van der Waals surface area contributed by atoms with Crippen LogP contribution in [0.2, 0.25) is 0 Å². The summed E-state index contributed by atoms with van der Waals surface area (Å²) in [6, 6.07) is 5.12. The summed E-state index contributed by atoms with van der Waals surface area (Å²) >= 11 is 0. The number of hydrogen-bond donors (Lipinski definition) is 1. The summed E-state index contributed by atoms with van der Waals surface area (Å²) in [6.07, 6.45) is 3.29. The van der Waals surface area contributed by atoms with E-state index in [4.69, 9.17) is 0 Å². The Balaban J connectivity index is 2.19. The first kappa shape index (κ1) is 12.0. The van der Waals surface area contributed by atoms with Gasteiger partial charge in [0.2, 0.25) is 0 Å². The second kappa shape index (κ2) is 5.26. The van der Waals surface area contributed by atoms with Crippen molar-refractivity contribution in [2.24, 2.45) is 0 Å². The molecule has 0 unspecified atom stereocenters. The molecule has 0 bridgehead atoms. The molecule has 2 rings (SSSR count). The highest BCUT2D eigenvalue weighted by molar-refractivity contribution is 5.43. The van der Waals surface area contributed by atoms with Crippen molar-refractivity contribution in [3.8, 4) is 0 Å². The molecule has 94 valence electrons. The minimum atomic E-state index is -0.509. The van der Waals surface area contributed by atoms with Crippen LogP contribution in [0.5, 0.6) is 0 Å². The smallest absolute Gasteiger partial charge is 0.370 e. The van der Waals surface area contributed by atoms with Gasteiger partial charge in [-0.1, -0.05) is 6.07 Å². The first-order chi connectivity index (χ1) is 8.70. The van der Waals surface area contributed by atoms with Crippen molar-refractivity contribution in [1.82, 2.24) is 14.8 Å². The van der Waals surface area contributed by atoms with Crippen LogP contribution in [-0.2, 0) is 6.54 Å². The van der Waals surface area contributed by atoms with Crippen LogP contribution in [0.4, 0.5) is 11.6 Å². The number of nitrogens with zero attached hydrogens (tertiary/aromatic N) is 4. The largest absolute Gasteiger partial charge is 0.389 e. The number of rotatable bonds is 5. The van der Waals surface area contributed by atoms with E-state index in [0.717, 1.165) is 17.9 Å². The molecule has 7 heteroatoms. The van der Waals surface area contributed by atoms with Crippen LogP contribution in [0.1, 0.15) is 12.5 Å². The van der Waals surface area contributed by atoms with Gasteiger partial charge < -0.3 is 15.4 Å². The number of nitrogens with one attached hydrogen (secondary N) is 1. The average Bonchev–Trinajstić information content (AvgIpc) is 2.81. The minimum absolute atomic E-state index is 0.149. The highest BCUT2D eigenvalue weighted by Gasteiger charge is 2.12. The molecular formula is C11H13N5O2. The Labute approximate surface area is 104 Å². The van der Waals surface area contributed by atoms with Crippen LogP contribution >= 0.6 is 0 Å². The van der Waals surface area contributed by atoms with E-state index >= 15 is 0 Å². The summed E-state index contributed by atoms with van der Waals surface area (Å²) in [4.78, 5) is 14.3. The third kappa shape index (κ3) is 2.62. The van der Waals surface area contributed by atoms with Crippen LogP contribution in [0, 0.1) is 10.1 Å². The van der Waals surface area contributed by atoms with Crippen LogP contribution in [0.25, 0.3) is 0 Å². The predicted octanol–water partition coefficient (Wildman–Crippen LogP) is 1.67. The fraction of sp³-hybridized carbons (Fsp3) is 0.273. The van der Waals surface area contributed by atoms with Crippen molar-refractivity contribution in [1.29, 1.82) is 0 Å². The topological polar surface area (TPSA) is 85.9 Å². The summed E-state index contributed by atoms with van der Waals surface area (Å²) < 4.78 is 1.52. The Morgan fingerprint density at radius 2 is 2.33 bits per heavy atom. The van der Waals surface area contributed by atoms with Gasteiger partial charge in [-0.2, -0.15) is 4.68 Å². The van der Waals surface area contributed by atoms with Crippen LogP contribution in [0.3, 0.4) is 0 Å². The summed E-state index contributed by atoms with van der Waals surface area (Å²) in [7, 11) is 0. The lowest BCUT2D eigenvalue weighted by molar-refractivity contribution is -0.389. The van der Waals surface area contributed by atoms with Crippen molar-refractivity contribution in [3.63, 3.8) is 0 Å². The Morgan fingerprint density at radius 1 is 1.50 bits per heavy atom. The van der Waals surface area contributed by atoms with Gasteiger partial charge in [0, 0.05) is 18.3 Å². The molecule has 2 heterocycles. The third-order valence-electron chi connectivity index (χ3n) is 2.38. The van der Waals surface area contributed by atoms with E-state index in [1.54, 1.807) is 12.4 Å². The fourth-order valence-electron chi connectivity index (χ4n) is 1.60. The Hall–Kier alpha value is -2.44. The van der Waals surface area contributed by atoms with Gasteiger partial charge in [-0.3, -0.25) is 0 Å². The van der Waals surface area contributed by atoms with Crippen molar-refractivity contribution in [3.05, 3.63) is 46.3 Å². The van der Waals surface area contributed by atoms with E-state index in [1.807, 2.05) is 19.1 Å². The number of nitro groups is 1.